The molecule has 8 heteroatoms. The number of amides is 1. The molecule has 6 nitrogen and oxygen atoms in total. The van der Waals surface area contributed by atoms with Crippen molar-refractivity contribution < 1.29 is 41.8 Å². The van der Waals surface area contributed by atoms with Gasteiger partial charge in [0.1, 0.15) is 0 Å². The molecule has 0 bridgehead atoms. The third-order valence-electron chi connectivity index (χ3n) is 0.903. The van der Waals surface area contributed by atoms with E-state index in [1.807, 2.05) is 0 Å². The van der Waals surface area contributed by atoms with Gasteiger partial charge in [0.15, 0.2) is 0 Å². The number of hydrogen-bond donors (Lipinski definition) is 1. The monoisotopic (exact) mass is 245 g/mol. The first kappa shape index (κ1) is 14.5. The van der Waals surface area contributed by atoms with Crippen molar-refractivity contribution in [3.8, 4) is 0 Å². The van der Waals surface area contributed by atoms with E-state index in [0.717, 1.165) is 19.4 Å². The fourth-order valence-corrected chi connectivity index (χ4v) is 0.565. The van der Waals surface area contributed by atoms with Crippen molar-refractivity contribution in [2.75, 3.05) is 6.54 Å². The van der Waals surface area contributed by atoms with Crippen molar-refractivity contribution >= 4 is 16.3 Å². The first-order valence-electron chi connectivity index (χ1n) is 2.83. The van der Waals surface area contributed by atoms with Gasteiger partial charge in [0, 0.05) is 23.4 Å². The van der Waals surface area contributed by atoms with Gasteiger partial charge in [-0.15, -0.1) is 0 Å². The predicted octanol–water partition coefficient (Wildman–Crippen LogP) is -1.44. The summed E-state index contributed by atoms with van der Waals surface area (Å²) in [7, 11) is -5.17. The number of rotatable bonds is 0. The zero-order chi connectivity index (χ0) is 8.91. The average Bonchev–Trinajstić information content (AvgIpc) is 2.12. The Balaban J connectivity index is 0. The second kappa shape index (κ2) is 6.48. The first-order valence-corrected chi connectivity index (χ1v) is 4.16. The minimum absolute atomic E-state index is 0. The second-order valence-electron chi connectivity index (χ2n) is 1.86. The van der Waals surface area contributed by atoms with Gasteiger partial charge in [0.05, 0.1) is 0 Å². The van der Waals surface area contributed by atoms with E-state index >= 15 is 0 Å². The minimum Gasteiger partial charge on any atom is -0.759 e. The van der Waals surface area contributed by atoms with Gasteiger partial charge in [-0.2, -0.15) is 0 Å². The zero-order valence-electron chi connectivity index (χ0n) is 6.28. The molecule has 0 aliphatic carbocycles. The Morgan fingerprint density at radius 2 is 1.75 bits per heavy atom. The van der Waals surface area contributed by atoms with E-state index in [1.165, 1.54) is 0 Å². The Morgan fingerprint density at radius 1 is 1.33 bits per heavy atom. The van der Waals surface area contributed by atoms with E-state index in [-0.39, 0.29) is 25.4 Å². The van der Waals surface area contributed by atoms with Gasteiger partial charge in [-0.05, 0) is 6.42 Å². The third kappa shape index (κ3) is 16.5. The molecule has 1 saturated heterocycles. The summed E-state index contributed by atoms with van der Waals surface area (Å²) in [5.41, 5.74) is 0. The van der Waals surface area contributed by atoms with Crippen LogP contribution in [0.3, 0.4) is 0 Å². The molecular formula is C4H7NO5SZn. The Labute approximate surface area is 83.1 Å². The van der Waals surface area contributed by atoms with Gasteiger partial charge in [-0.3, -0.25) is 13.2 Å². The molecule has 0 aromatic heterocycles. The molecule has 0 atom stereocenters. The van der Waals surface area contributed by atoms with Gasteiger partial charge in [-0.1, -0.05) is 0 Å². The van der Waals surface area contributed by atoms with Crippen molar-refractivity contribution in [1.29, 1.82) is 0 Å². The van der Waals surface area contributed by atoms with Crippen LogP contribution in [-0.2, 0) is 34.7 Å². The molecule has 1 fully saturated rings. The van der Waals surface area contributed by atoms with E-state index in [1.54, 1.807) is 0 Å². The Morgan fingerprint density at radius 3 is 1.83 bits per heavy atom. The maximum absolute atomic E-state index is 10.1. The number of carbonyl (C=O) groups is 1. The van der Waals surface area contributed by atoms with Crippen molar-refractivity contribution in [2.24, 2.45) is 0 Å². The van der Waals surface area contributed by atoms with Crippen LogP contribution in [-0.4, -0.2) is 30.0 Å². The van der Waals surface area contributed by atoms with E-state index in [9.17, 15) is 4.79 Å². The largest absolute Gasteiger partial charge is 2.00 e. The van der Waals surface area contributed by atoms with E-state index < -0.39 is 10.4 Å². The topological polar surface area (TPSA) is 109 Å². The molecule has 66 valence electrons. The Kier molecular flexibility index (Phi) is 7.82. The molecule has 1 N–H and O–H groups in total. The molecule has 0 aromatic carbocycles. The molecule has 1 amide bonds. The van der Waals surface area contributed by atoms with Crippen LogP contribution in [0.15, 0.2) is 0 Å². The molecule has 1 rings (SSSR count). The molecule has 0 radical (unpaired) electrons. The minimum atomic E-state index is -5.17. The number of carbonyl (C=O) groups excluding carboxylic acids is 1. The van der Waals surface area contributed by atoms with Gasteiger partial charge >= 0.3 is 19.5 Å². The van der Waals surface area contributed by atoms with Crippen LogP contribution in [0.2, 0.25) is 0 Å². The smallest absolute Gasteiger partial charge is 0.759 e. The van der Waals surface area contributed by atoms with Crippen LogP contribution in [0.5, 0.6) is 0 Å². The Hall–Kier alpha value is -0.0366. The standard InChI is InChI=1S/C4H7NO.H2O4S.Zn/c6-4-2-1-3-5-4;1-5(2,3)4;/h1-3H2,(H,5,6);(H2,1,2,3,4);/q;;+2/p-2. The Bertz CT molecular complexity index is 210. The summed E-state index contributed by atoms with van der Waals surface area (Å²) in [4.78, 5) is 10.1. The molecule has 1 heterocycles. The number of hydrogen-bond acceptors (Lipinski definition) is 5. The van der Waals surface area contributed by atoms with Crippen molar-refractivity contribution in [3.05, 3.63) is 0 Å². The van der Waals surface area contributed by atoms with Gasteiger partial charge in [0.2, 0.25) is 5.91 Å². The van der Waals surface area contributed by atoms with Gasteiger partial charge in [-0.25, -0.2) is 0 Å². The van der Waals surface area contributed by atoms with Crippen LogP contribution in [0.1, 0.15) is 12.8 Å². The van der Waals surface area contributed by atoms with E-state index in [4.69, 9.17) is 17.5 Å². The fraction of sp³-hybridized carbons (Fsp3) is 0.750. The summed E-state index contributed by atoms with van der Waals surface area (Å²) in [6.45, 7) is 0.888. The first-order chi connectivity index (χ1) is 4.89. The summed E-state index contributed by atoms with van der Waals surface area (Å²) >= 11 is 0. The average molecular weight is 247 g/mol. The molecule has 0 unspecified atom stereocenters. The summed E-state index contributed by atoms with van der Waals surface area (Å²) in [6, 6.07) is 0. The van der Waals surface area contributed by atoms with Crippen molar-refractivity contribution in [2.45, 2.75) is 12.8 Å². The summed E-state index contributed by atoms with van der Waals surface area (Å²) in [5.74, 6) is 0.204. The van der Waals surface area contributed by atoms with Crippen LogP contribution in [0.25, 0.3) is 0 Å². The maximum Gasteiger partial charge on any atom is 2.00 e. The summed E-state index contributed by atoms with van der Waals surface area (Å²) in [6.07, 6.45) is 1.76. The molecule has 0 aromatic rings. The molecule has 12 heavy (non-hydrogen) atoms. The van der Waals surface area contributed by atoms with Crippen LogP contribution >= 0.6 is 0 Å². The molecule has 1 aliphatic rings. The molecule has 1 aliphatic heterocycles. The predicted molar refractivity (Wildman–Crippen MR) is 32.7 cm³/mol. The maximum atomic E-state index is 10.1. The molecular weight excluding hydrogens is 240 g/mol. The SMILES string of the molecule is O=C1CCCN1.O=S(=O)([O-])[O-].[Zn+2]. The number of nitrogens with one attached hydrogen (secondary N) is 1. The fourth-order valence-electron chi connectivity index (χ4n) is 0.565. The van der Waals surface area contributed by atoms with Gasteiger partial charge < -0.3 is 14.4 Å². The normalized spacial score (nSPS) is 15.3. The van der Waals surface area contributed by atoms with Gasteiger partial charge in [0.25, 0.3) is 0 Å². The van der Waals surface area contributed by atoms with Crippen LogP contribution < -0.4 is 5.32 Å². The zero-order valence-corrected chi connectivity index (χ0v) is 10.1. The summed E-state index contributed by atoms with van der Waals surface area (Å²) < 4.78 is 34.1. The summed E-state index contributed by atoms with van der Waals surface area (Å²) in [5, 5.41) is 2.68. The van der Waals surface area contributed by atoms with Crippen molar-refractivity contribution in [1.82, 2.24) is 5.32 Å². The quantitative estimate of drug-likeness (QED) is 0.320. The van der Waals surface area contributed by atoms with Crippen LogP contribution in [0.4, 0.5) is 0 Å². The molecule has 0 spiro atoms. The van der Waals surface area contributed by atoms with Crippen LogP contribution in [0, 0.1) is 0 Å². The van der Waals surface area contributed by atoms with E-state index in [2.05, 4.69) is 5.32 Å². The third-order valence-corrected chi connectivity index (χ3v) is 0.903. The van der Waals surface area contributed by atoms with E-state index in [0.29, 0.717) is 0 Å². The molecule has 0 saturated carbocycles. The van der Waals surface area contributed by atoms with Crippen molar-refractivity contribution in [3.63, 3.8) is 0 Å². The second-order valence-corrected chi connectivity index (χ2v) is 2.68.